The van der Waals surface area contributed by atoms with Crippen molar-refractivity contribution in [3.05, 3.63) is 72.1 Å². The van der Waals surface area contributed by atoms with Crippen molar-refractivity contribution >= 4 is 23.3 Å². The molecule has 35 heavy (non-hydrogen) atoms. The van der Waals surface area contributed by atoms with Gasteiger partial charge in [0.05, 0.1) is 24.0 Å². The fourth-order valence-electron chi connectivity index (χ4n) is 4.44. The highest BCUT2D eigenvalue weighted by atomic mass is 16.2. The molecule has 184 valence electrons. The Balaban J connectivity index is 1.58. The van der Waals surface area contributed by atoms with Crippen LogP contribution in [0.3, 0.4) is 0 Å². The highest BCUT2D eigenvalue weighted by molar-refractivity contribution is 5.98. The van der Waals surface area contributed by atoms with E-state index in [2.05, 4.69) is 53.8 Å². The number of rotatable bonds is 7. The topological polar surface area (TPSA) is 89.3 Å². The predicted molar refractivity (Wildman–Crippen MR) is 142 cm³/mol. The Hall–Kier alpha value is -3.58. The molecule has 3 amide bonds. The monoisotopic (exact) mass is 473 g/mol. The van der Waals surface area contributed by atoms with Gasteiger partial charge in [0.1, 0.15) is 0 Å². The van der Waals surface area contributed by atoms with Crippen LogP contribution >= 0.6 is 0 Å². The van der Waals surface area contributed by atoms with Gasteiger partial charge in [0.25, 0.3) is 0 Å². The van der Waals surface area contributed by atoms with Crippen molar-refractivity contribution in [1.29, 1.82) is 0 Å². The first-order valence-electron chi connectivity index (χ1n) is 12.2. The lowest BCUT2D eigenvalue weighted by atomic mass is 9.98. The zero-order valence-electron chi connectivity index (χ0n) is 20.9. The summed E-state index contributed by atoms with van der Waals surface area (Å²) >= 11 is 0. The van der Waals surface area contributed by atoms with E-state index in [9.17, 15) is 9.59 Å². The zero-order valence-corrected chi connectivity index (χ0v) is 20.9. The maximum absolute atomic E-state index is 13.7. The van der Waals surface area contributed by atoms with Gasteiger partial charge in [-0.15, -0.1) is 0 Å². The number of aryl methyl sites for hydroxylation is 1. The lowest BCUT2D eigenvalue weighted by Crippen LogP contribution is -2.53. The standard InChI is InChI=1S/C28H35N5O2/c1-5-28(2,3)32-24-15-14-23-25(16-17-30-23)33(26(24)34)18-19-10-12-20(13-11-19)21-8-6-7-9-22(21)31-27(35)29-4/h6-13,16-17,24,30,32H,5,14-15,18H2,1-4H3,(H2,29,31,35)/t24-/m1/s1. The predicted octanol–water partition coefficient (Wildman–Crippen LogP) is 5.06. The van der Waals surface area contributed by atoms with Crippen LogP contribution in [-0.2, 0) is 17.8 Å². The van der Waals surface area contributed by atoms with Gasteiger partial charge in [0.2, 0.25) is 5.91 Å². The molecule has 4 rings (SSSR count). The van der Waals surface area contributed by atoms with E-state index in [0.29, 0.717) is 6.54 Å². The summed E-state index contributed by atoms with van der Waals surface area (Å²) in [6.07, 6.45) is 4.45. The Morgan fingerprint density at radius 2 is 1.86 bits per heavy atom. The van der Waals surface area contributed by atoms with Gasteiger partial charge in [0, 0.05) is 30.0 Å². The molecule has 1 aliphatic heterocycles. The van der Waals surface area contributed by atoms with E-state index in [1.165, 1.54) is 0 Å². The van der Waals surface area contributed by atoms with E-state index in [1.807, 2.05) is 53.6 Å². The first kappa shape index (κ1) is 24.5. The molecule has 0 aliphatic carbocycles. The molecule has 0 spiro atoms. The van der Waals surface area contributed by atoms with Gasteiger partial charge in [-0.25, -0.2) is 4.79 Å². The van der Waals surface area contributed by atoms with Gasteiger partial charge in [-0.3, -0.25) is 4.79 Å². The molecular formula is C28H35N5O2. The van der Waals surface area contributed by atoms with Gasteiger partial charge in [-0.05, 0) is 56.4 Å². The number of fused-ring (bicyclic) bond motifs is 1. The molecule has 1 aliphatic rings. The van der Waals surface area contributed by atoms with Gasteiger partial charge in [0.15, 0.2) is 0 Å². The van der Waals surface area contributed by atoms with Crippen molar-refractivity contribution < 1.29 is 9.59 Å². The fraction of sp³-hybridized carbons (Fsp3) is 0.357. The van der Waals surface area contributed by atoms with E-state index >= 15 is 0 Å². The normalized spacial score (nSPS) is 15.9. The number of H-pyrrole nitrogens is 1. The number of carbonyl (C=O) groups is 2. The number of aromatic nitrogens is 1. The zero-order chi connectivity index (χ0) is 25.0. The summed E-state index contributed by atoms with van der Waals surface area (Å²) in [4.78, 5) is 30.7. The fourth-order valence-corrected chi connectivity index (χ4v) is 4.44. The lowest BCUT2D eigenvalue weighted by Gasteiger charge is -2.32. The van der Waals surface area contributed by atoms with Crippen LogP contribution in [0.25, 0.3) is 11.1 Å². The number of benzene rings is 2. The minimum atomic E-state index is -0.259. The smallest absolute Gasteiger partial charge is 0.318 e. The van der Waals surface area contributed by atoms with Crippen molar-refractivity contribution in [2.45, 2.75) is 58.2 Å². The Morgan fingerprint density at radius 1 is 1.11 bits per heavy atom. The minimum absolute atomic E-state index is 0.106. The number of amides is 3. The largest absolute Gasteiger partial charge is 0.363 e. The average Bonchev–Trinajstić information content (AvgIpc) is 3.29. The van der Waals surface area contributed by atoms with Crippen molar-refractivity contribution in [3.63, 3.8) is 0 Å². The summed E-state index contributed by atoms with van der Waals surface area (Å²) in [6.45, 7) is 6.92. The number of hydrogen-bond donors (Lipinski definition) is 4. The second-order valence-corrected chi connectivity index (χ2v) is 9.69. The van der Waals surface area contributed by atoms with E-state index in [-0.39, 0.29) is 23.5 Å². The molecule has 4 N–H and O–H groups in total. The summed E-state index contributed by atoms with van der Waals surface area (Å²) in [5.74, 6) is 0.106. The molecule has 7 heteroatoms. The van der Waals surface area contributed by atoms with E-state index in [0.717, 1.165) is 53.0 Å². The lowest BCUT2D eigenvalue weighted by molar-refractivity contribution is -0.121. The van der Waals surface area contributed by atoms with Crippen LogP contribution in [0.5, 0.6) is 0 Å². The minimum Gasteiger partial charge on any atom is -0.363 e. The Morgan fingerprint density at radius 3 is 2.57 bits per heavy atom. The molecule has 2 aromatic carbocycles. The van der Waals surface area contributed by atoms with Crippen LogP contribution < -0.4 is 20.9 Å². The Kier molecular flexibility index (Phi) is 7.26. The van der Waals surface area contributed by atoms with Crippen molar-refractivity contribution in [2.75, 3.05) is 17.3 Å². The Labute approximate surface area is 207 Å². The van der Waals surface area contributed by atoms with Crippen LogP contribution in [0.1, 0.15) is 44.9 Å². The molecule has 7 nitrogen and oxygen atoms in total. The molecule has 1 atom stereocenters. The number of nitrogens with one attached hydrogen (secondary N) is 4. The number of aromatic amines is 1. The molecule has 0 saturated carbocycles. The number of para-hydroxylation sites is 1. The third-order valence-electron chi connectivity index (χ3n) is 6.80. The third kappa shape index (κ3) is 5.57. The van der Waals surface area contributed by atoms with Gasteiger partial charge in [-0.2, -0.15) is 0 Å². The molecule has 0 radical (unpaired) electrons. The molecule has 1 aromatic heterocycles. The summed E-state index contributed by atoms with van der Waals surface area (Å²) in [7, 11) is 1.59. The molecule has 0 fully saturated rings. The molecule has 0 bridgehead atoms. The van der Waals surface area contributed by atoms with Crippen LogP contribution in [0.2, 0.25) is 0 Å². The third-order valence-corrected chi connectivity index (χ3v) is 6.80. The summed E-state index contributed by atoms with van der Waals surface area (Å²) in [5.41, 5.74) is 5.66. The second kappa shape index (κ2) is 10.4. The van der Waals surface area contributed by atoms with Crippen LogP contribution in [0.4, 0.5) is 16.2 Å². The van der Waals surface area contributed by atoms with Gasteiger partial charge < -0.3 is 25.8 Å². The van der Waals surface area contributed by atoms with Crippen LogP contribution in [0, 0.1) is 0 Å². The highest BCUT2D eigenvalue weighted by Crippen LogP contribution is 2.31. The van der Waals surface area contributed by atoms with E-state index in [1.54, 1.807) is 7.05 Å². The number of hydrogen-bond acceptors (Lipinski definition) is 3. The van der Waals surface area contributed by atoms with Crippen molar-refractivity contribution in [2.24, 2.45) is 0 Å². The second-order valence-electron chi connectivity index (χ2n) is 9.69. The van der Waals surface area contributed by atoms with Crippen LogP contribution in [-0.4, -0.2) is 35.6 Å². The Bertz CT molecular complexity index is 1180. The number of anilines is 2. The summed E-state index contributed by atoms with van der Waals surface area (Å²) in [5, 5.41) is 9.05. The SMILES string of the molecule is CCC(C)(C)N[C@@H]1CCc2[nH]ccc2N(Cc2ccc(-c3ccccc3NC(=O)NC)cc2)C1=O. The molecular weight excluding hydrogens is 438 g/mol. The van der Waals surface area contributed by atoms with Crippen molar-refractivity contribution in [3.8, 4) is 11.1 Å². The molecule has 3 aromatic rings. The maximum atomic E-state index is 13.7. The van der Waals surface area contributed by atoms with Crippen LogP contribution in [0.15, 0.2) is 60.8 Å². The number of urea groups is 1. The summed E-state index contributed by atoms with van der Waals surface area (Å²) < 4.78 is 0. The first-order valence-corrected chi connectivity index (χ1v) is 12.2. The molecule has 2 heterocycles. The first-order chi connectivity index (χ1) is 16.8. The van der Waals surface area contributed by atoms with Gasteiger partial charge in [-0.1, -0.05) is 49.4 Å². The average molecular weight is 474 g/mol. The van der Waals surface area contributed by atoms with E-state index < -0.39 is 0 Å². The highest BCUT2D eigenvalue weighted by Gasteiger charge is 2.33. The number of carbonyl (C=O) groups excluding carboxylic acids is 2. The van der Waals surface area contributed by atoms with Crippen molar-refractivity contribution in [1.82, 2.24) is 15.6 Å². The summed E-state index contributed by atoms with van der Waals surface area (Å²) in [6, 6.07) is 17.4. The molecule has 0 saturated heterocycles. The quantitative estimate of drug-likeness (QED) is 0.387. The van der Waals surface area contributed by atoms with E-state index in [4.69, 9.17) is 0 Å². The number of nitrogens with zero attached hydrogens (tertiary/aromatic N) is 1. The molecule has 0 unspecified atom stereocenters. The maximum Gasteiger partial charge on any atom is 0.318 e. The van der Waals surface area contributed by atoms with Gasteiger partial charge >= 0.3 is 6.03 Å².